The van der Waals surface area contributed by atoms with Crippen molar-refractivity contribution in [3.05, 3.63) is 93.5 Å². The van der Waals surface area contributed by atoms with Gasteiger partial charge < -0.3 is 14.8 Å². The summed E-state index contributed by atoms with van der Waals surface area (Å²) in [6, 6.07) is 18.2. The fourth-order valence-electron chi connectivity index (χ4n) is 3.76. The molecule has 3 aromatic carbocycles. The zero-order chi connectivity index (χ0) is 27.2. The number of carbonyl (C=O) groups is 3. The van der Waals surface area contributed by atoms with Gasteiger partial charge in [0.2, 0.25) is 5.75 Å². The van der Waals surface area contributed by atoms with Crippen molar-refractivity contribution in [1.82, 2.24) is 5.43 Å². The van der Waals surface area contributed by atoms with Gasteiger partial charge in [0, 0.05) is 11.8 Å². The van der Waals surface area contributed by atoms with E-state index in [1.807, 2.05) is 19.1 Å². The summed E-state index contributed by atoms with van der Waals surface area (Å²) in [4.78, 5) is 49.1. The molecule has 4 rings (SSSR count). The summed E-state index contributed by atoms with van der Waals surface area (Å²) in [6.07, 6.45) is 1.24. The Hall–Kier alpha value is -5.19. The number of rotatable bonds is 9. The van der Waals surface area contributed by atoms with Crippen LogP contribution in [0.4, 0.5) is 17.1 Å². The number of amides is 3. The van der Waals surface area contributed by atoms with E-state index in [1.165, 1.54) is 12.1 Å². The first kappa shape index (κ1) is 25.9. The molecule has 38 heavy (non-hydrogen) atoms. The number of nitrogens with zero attached hydrogens (tertiary/aromatic N) is 2. The van der Waals surface area contributed by atoms with Crippen LogP contribution in [0.2, 0.25) is 0 Å². The molecule has 0 bridgehead atoms. The third kappa shape index (κ3) is 5.62. The van der Waals surface area contributed by atoms with E-state index < -0.39 is 34.9 Å². The highest BCUT2D eigenvalue weighted by Crippen LogP contribution is 2.39. The minimum absolute atomic E-state index is 0.0111. The van der Waals surface area contributed by atoms with Crippen molar-refractivity contribution in [2.75, 3.05) is 23.5 Å². The highest BCUT2D eigenvalue weighted by atomic mass is 16.6. The topological polar surface area (TPSA) is 140 Å². The molecule has 1 aliphatic rings. The number of aryl methyl sites for hydroxylation is 1. The van der Waals surface area contributed by atoms with Gasteiger partial charge in [0.25, 0.3) is 17.7 Å². The fraction of sp³-hybridized carbons (Fsp3) is 0.148. The molecule has 0 unspecified atom stereocenters. The van der Waals surface area contributed by atoms with E-state index >= 15 is 0 Å². The quantitative estimate of drug-likeness (QED) is 0.191. The van der Waals surface area contributed by atoms with Crippen LogP contribution in [-0.2, 0) is 14.4 Å². The molecule has 1 heterocycles. The van der Waals surface area contributed by atoms with E-state index in [2.05, 4.69) is 10.7 Å². The van der Waals surface area contributed by atoms with Crippen LogP contribution in [0.25, 0.3) is 6.08 Å². The summed E-state index contributed by atoms with van der Waals surface area (Å²) >= 11 is 0. The Balaban J connectivity index is 1.61. The second-order valence-electron chi connectivity index (χ2n) is 8.18. The molecule has 3 aromatic rings. The first-order chi connectivity index (χ1) is 18.3. The molecule has 11 nitrogen and oxygen atoms in total. The third-order valence-corrected chi connectivity index (χ3v) is 5.54. The normalized spacial score (nSPS) is 13.8. The number of nitro groups is 1. The molecule has 11 heteroatoms. The van der Waals surface area contributed by atoms with Crippen LogP contribution >= 0.6 is 0 Å². The molecule has 1 saturated heterocycles. The molecule has 0 atom stereocenters. The lowest BCUT2D eigenvalue weighted by Gasteiger charge is -2.14. The molecular formula is C27H24N4O7. The summed E-state index contributed by atoms with van der Waals surface area (Å²) in [5, 5.41) is 15.7. The number of carbonyl (C=O) groups excluding carboxylic acids is 3. The summed E-state index contributed by atoms with van der Waals surface area (Å²) in [5.41, 5.74) is 3.84. The Bertz CT molecular complexity index is 1440. The lowest BCUT2D eigenvalue weighted by molar-refractivity contribution is -0.385. The van der Waals surface area contributed by atoms with Gasteiger partial charge in [-0.25, -0.2) is 5.01 Å². The number of para-hydroxylation sites is 2. The zero-order valence-electron chi connectivity index (χ0n) is 20.6. The van der Waals surface area contributed by atoms with Crippen LogP contribution in [0.15, 0.2) is 72.3 Å². The van der Waals surface area contributed by atoms with Crippen LogP contribution in [0.3, 0.4) is 0 Å². The predicted molar refractivity (Wildman–Crippen MR) is 140 cm³/mol. The number of hydrogen-bond donors (Lipinski definition) is 2. The standard InChI is InChI=1S/C27H24N4O7/c1-3-37-23-15-18(13-20-26(33)29-30(27(20)34)19-10-5-4-6-11-19)14-22(31(35)36)25(23)38-16-24(32)28-21-12-8-7-9-17(21)2/h4-15H,3,16H2,1-2H3,(H,28,32)(H,29,33)/b20-13-. The molecule has 0 saturated carbocycles. The second-order valence-corrected chi connectivity index (χ2v) is 8.18. The molecule has 1 fully saturated rings. The average Bonchev–Trinajstić information content (AvgIpc) is 3.18. The fourth-order valence-corrected chi connectivity index (χ4v) is 3.76. The van der Waals surface area contributed by atoms with Crippen LogP contribution in [0.5, 0.6) is 11.5 Å². The Morgan fingerprint density at radius 2 is 1.79 bits per heavy atom. The lowest BCUT2D eigenvalue weighted by atomic mass is 10.1. The van der Waals surface area contributed by atoms with Gasteiger partial charge in [-0.3, -0.25) is 29.9 Å². The number of ether oxygens (including phenoxy) is 2. The molecule has 0 spiro atoms. The van der Waals surface area contributed by atoms with Crippen LogP contribution in [-0.4, -0.2) is 35.9 Å². The Morgan fingerprint density at radius 1 is 1.08 bits per heavy atom. The second kappa shape index (κ2) is 11.2. The lowest BCUT2D eigenvalue weighted by Crippen LogP contribution is -2.35. The van der Waals surface area contributed by atoms with E-state index in [-0.39, 0.29) is 29.2 Å². The summed E-state index contributed by atoms with van der Waals surface area (Å²) in [7, 11) is 0. The van der Waals surface area contributed by atoms with Gasteiger partial charge in [-0.05, 0) is 55.3 Å². The Labute approximate surface area is 217 Å². The third-order valence-electron chi connectivity index (χ3n) is 5.54. The minimum atomic E-state index is -0.689. The van der Waals surface area contributed by atoms with E-state index in [1.54, 1.807) is 49.4 Å². The number of hydrazine groups is 1. The highest BCUT2D eigenvalue weighted by molar-refractivity contribution is 6.31. The van der Waals surface area contributed by atoms with Crippen LogP contribution in [0.1, 0.15) is 18.1 Å². The highest BCUT2D eigenvalue weighted by Gasteiger charge is 2.35. The van der Waals surface area contributed by atoms with Crippen molar-refractivity contribution in [3.63, 3.8) is 0 Å². The van der Waals surface area contributed by atoms with E-state index in [4.69, 9.17) is 9.47 Å². The van der Waals surface area contributed by atoms with E-state index in [0.717, 1.165) is 16.6 Å². The Morgan fingerprint density at radius 3 is 2.47 bits per heavy atom. The number of nitro benzene ring substituents is 1. The van der Waals surface area contributed by atoms with E-state index in [9.17, 15) is 24.5 Å². The maximum atomic E-state index is 12.9. The average molecular weight is 517 g/mol. The van der Waals surface area contributed by atoms with Crippen LogP contribution < -0.4 is 25.2 Å². The molecule has 0 radical (unpaired) electrons. The van der Waals surface area contributed by atoms with Crippen molar-refractivity contribution in [2.45, 2.75) is 13.8 Å². The summed E-state index contributed by atoms with van der Waals surface area (Å²) in [5.74, 6) is -2.05. The Kier molecular flexibility index (Phi) is 7.66. The van der Waals surface area contributed by atoms with Crippen molar-refractivity contribution in [2.24, 2.45) is 0 Å². The number of nitrogens with one attached hydrogen (secondary N) is 2. The van der Waals surface area contributed by atoms with Crippen molar-refractivity contribution in [1.29, 1.82) is 0 Å². The smallest absolute Gasteiger partial charge is 0.315 e. The molecular weight excluding hydrogens is 492 g/mol. The molecule has 3 amide bonds. The number of hydrogen-bond acceptors (Lipinski definition) is 7. The maximum absolute atomic E-state index is 12.9. The van der Waals surface area contributed by atoms with Gasteiger partial charge in [-0.15, -0.1) is 0 Å². The maximum Gasteiger partial charge on any atom is 0.315 e. The SMILES string of the molecule is CCOc1cc(/C=C2/C(=O)NN(c3ccccc3)C2=O)cc([N+](=O)[O-])c1OCC(=O)Nc1ccccc1C. The minimum Gasteiger partial charge on any atom is -0.490 e. The number of benzene rings is 3. The van der Waals surface area contributed by atoms with Crippen molar-refractivity contribution in [3.8, 4) is 11.5 Å². The van der Waals surface area contributed by atoms with Gasteiger partial charge in [0.1, 0.15) is 5.57 Å². The first-order valence-electron chi connectivity index (χ1n) is 11.6. The van der Waals surface area contributed by atoms with Gasteiger partial charge >= 0.3 is 5.69 Å². The van der Waals surface area contributed by atoms with E-state index in [0.29, 0.717) is 11.4 Å². The summed E-state index contributed by atoms with van der Waals surface area (Å²) in [6.45, 7) is 3.14. The zero-order valence-corrected chi connectivity index (χ0v) is 20.6. The van der Waals surface area contributed by atoms with Gasteiger partial charge in [-0.1, -0.05) is 36.4 Å². The summed E-state index contributed by atoms with van der Waals surface area (Å²) < 4.78 is 11.1. The van der Waals surface area contributed by atoms with Gasteiger partial charge in [0.15, 0.2) is 12.4 Å². The molecule has 0 aliphatic carbocycles. The van der Waals surface area contributed by atoms with Gasteiger partial charge in [-0.2, -0.15) is 0 Å². The van der Waals surface area contributed by atoms with Gasteiger partial charge in [0.05, 0.1) is 17.2 Å². The molecule has 0 aromatic heterocycles. The number of anilines is 2. The van der Waals surface area contributed by atoms with Crippen molar-refractivity contribution >= 4 is 40.9 Å². The molecule has 2 N–H and O–H groups in total. The van der Waals surface area contributed by atoms with Crippen molar-refractivity contribution < 1.29 is 28.8 Å². The largest absolute Gasteiger partial charge is 0.490 e. The molecule has 1 aliphatic heterocycles. The monoisotopic (exact) mass is 516 g/mol. The first-order valence-corrected chi connectivity index (χ1v) is 11.6. The predicted octanol–water partition coefficient (Wildman–Crippen LogP) is 3.78. The molecule has 194 valence electrons. The van der Waals surface area contributed by atoms with Crippen LogP contribution in [0, 0.1) is 17.0 Å².